The zero-order chi connectivity index (χ0) is 15.7. The van der Waals surface area contributed by atoms with Crippen LogP contribution in [0.4, 0.5) is 0 Å². The maximum atomic E-state index is 11.7. The van der Waals surface area contributed by atoms with Gasteiger partial charge in [-0.2, -0.15) is 0 Å². The summed E-state index contributed by atoms with van der Waals surface area (Å²) < 4.78 is 23.3. The van der Waals surface area contributed by atoms with E-state index in [4.69, 9.17) is 0 Å². The van der Waals surface area contributed by atoms with Gasteiger partial charge in [-0.15, -0.1) is 0 Å². The Labute approximate surface area is 131 Å². The van der Waals surface area contributed by atoms with Crippen molar-refractivity contribution in [3.8, 4) is 0 Å². The molecule has 0 saturated heterocycles. The minimum absolute atomic E-state index is 0.193. The third-order valence-corrected chi connectivity index (χ3v) is 6.56. The van der Waals surface area contributed by atoms with Gasteiger partial charge in [0.05, 0.1) is 11.4 Å². The molecule has 0 aromatic rings. The highest BCUT2D eigenvalue weighted by Gasteiger charge is 2.31. The number of sulfone groups is 1. The lowest BCUT2D eigenvalue weighted by molar-refractivity contribution is 0.0756. The Balaban J connectivity index is 2.18. The van der Waals surface area contributed by atoms with Crippen molar-refractivity contribution in [3.63, 3.8) is 0 Å². The van der Waals surface area contributed by atoms with E-state index in [-0.39, 0.29) is 17.3 Å². The fourth-order valence-corrected chi connectivity index (χ4v) is 4.66. The predicted octanol–water partition coefficient (Wildman–Crippen LogP) is 4.09. The van der Waals surface area contributed by atoms with E-state index in [1.807, 2.05) is 0 Å². The number of unbranched alkanes of at least 4 members (excludes halogenated alkanes) is 6. The third kappa shape index (κ3) is 7.64. The number of hydrogen-bond acceptors (Lipinski definition) is 3. The molecular formula is C17H34O3S. The minimum Gasteiger partial charge on any atom is -0.393 e. The van der Waals surface area contributed by atoms with Gasteiger partial charge in [0.1, 0.15) is 9.84 Å². The first kappa shape index (κ1) is 19.0. The molecule has 0 amide bonds. The summed E-state index contributed by atoms with van der Waals surface area (Å²) in [6.45, 7) is 2.23. The Kier molecular flexibility index (Phi) is 8.88. The lowest BCUT2D eigenvalue weighted by atomic mass is 9.83. The number of aliphatic hydroxyl groups is 1. The van der Waals surface area contributed by atoms with Crippen LogP contribution < -0.4 is 0 Å². The average Bonchev–Trinajstić information content (AvgIpc) is 2.45. The standard InChI is InChI=1S/C17H34O3S/c1-3-4-5-6-7-8-9-13-17(18)15-11-10-12-16(14-15)21(2,19)20/h15-18H,3-14H2,1-2H3. The molecule has 0 heterocycles. The summed E-state index contributed by atoms with van der Waals surface area (Å²) in [6, 6.07) is 0. The van der Waals surface area contributed by atoms with Crippen LogP contribution in [0.1, 0.15) is 84.0 Å². The fourth-order valence-electron chi connectivity index (χ4n) is 3.47. The highest BCUT2D eigenvalue weighted by molar-refractivity contribution is 7.91. The Morgan fingerprint density at radius 2 is 1.67 bits per heavy atom. The van der Waals surface area contributed by atoms with Gasteiger partial charge in [0.15, 0.2) is 0 Å². The molecule has 1 fully saturated rings. The number of hydrogen-bond donors (Lipinski definition) is 1. The van der Waals surface area contributed by atoms with Gasteiger partial charge in [-0.3, -0.25) is 0 Å². The van der Waals surface area contributed by atoms with Crippen LogP contribution in [0.15, 0.2) is 0 Å². The molecule has 0 radical (unpaired) electrons. The summed E-state index contributed by atoms with van der Waals surface area (Å²) in [5.74, 6) is 0.193. The molecule has 1 rings (SSSR count). The van der Waals surface area contributed by atoms with Crippen LogP contribution in [0.3, 0.4) is 0 Å². The number of aliphatic hydroxyl groups excluding tert-OH is 1. The fraction of sp³-hybridized carbons (Fsp3) is 1.00. The molecule has 0 aromatic heterocycles. The summed E-state index contributed by atoms with van der Waals surface area (Å²) in [7, 11) is -2.94. The molecule has 0 bridgehead atoms. The van der Waals surface area contributed by atoms with Crippen molar-refractivity contribution in [1.82, 2.24) is 0 Å². The van der Waals surface area contributed by atoms with Crippen molar-refractivity contribution in [3.05, 3.63) is 0 Å². The quantitative estimate of drug-likeness (QED) is 0.617. The molecule has 3 unspecified atom stereocenters. The zero-order valence-corrected chi connectivity index (χ0v) is 14.7. The van der Waals surface area contributed by atoms with Gasteiger partial charge in [0, 0.05) is 6.26 Å². The first-order chi connectivity index (χ1) is 9.95. The Hall–Kier alpha value is -0.0900. The SMILES string of the molecule is CCCCCCCCCC(O)C1CCCC(S(C)(=O)=O)C1. The zero-order valence-electron chi connectivity index (χ0n) is 13.9. The van der Waals surface area contributed by atoms with Crippen LogP contribution in [-0.4, -0.2) is 31.1 Å². The molecule has 0 aliphatic heterocycles. The van der Waals surface area contributed by atoms with Crippen LogP contribution in [0.5, 0.6) is 0 Å². The largest absolute Gasteiger partial charge is 0.393 e. The van der Waals surface area contributed by atoms with Gasteiger partial charge < -0.3 is 5.11 Å². The highest BCUT2D eigenvalue weighted by atomic mass is 32.2. The second kappa shape index (κ2) is 9.83. The summed E-state index contributed by atoms with van der Waals surface area (Å²) in [4.78, 5) is 0. The molecule has 0 spiro atoms. The topological polar surface area (TPSA) is 54.4 Å². The van der Waals surface area contributed by atoms with Crippen LogP contribution in [0.2, 0.25) is 0 Å². The van der Waals surface area contributed by atoms with Crippen LogP contribution in [-0.2, 0) is 9.84 Å². The lowest BCUT2D eigenvalue weighted by Gasteiger charge is -2.31. The van der Waals surface area contributed by atoms with Gasteiger partial charge in [0.25, 0.3) is 0 Å². The molecule has 3 nitrogen and oxygen atoms in total. The molecule has 126 valence electrons. The molecule has 0 aromatic carbocycles. The first-order valence-corrected chi connectivity index (χ1v) is 10.8. The molecule has 1 aliphatic carbocycles. The third-order valence-electron chi connectivity index (χ3n) is 4.92. The molecule has 1 N–H and O–H groups in total. The van der Waals surface area contributed by atoms with E-state index in [0.717, 1.165) is 32.1 Å². The van der Waals surface area contributed by atoms with E-state index >= 15 is 0 Å². The van der Waals surface area contributed by atoms with Gasteiger partial charge in [-0.1, -0.05) is 58.3 Å². The van der Waals surface area contributed by atoms with Crippen molar-refractivity contribution in [2.45, 2.75) is 95.3 Å². The maximum absolute atomic E-state index is 11.7. The van der Waals surface area contributed by atoms with E-state index < -0.39 is 9.84 Å². The van der Waals surface area contributed by atoms with Gasteiger partial charge in [-0.25, -0.2) is 8.42 Å². The van der Waals surface area contributed by atoms with Crippen molar-refractivity contribution >= 4 is 9.84 Å². The van der Waals surface area contributed by atoms with E-state index in [1.54, 1.807) is 0 Å². The first-order valence-electron chi connectivity index (χ1n) is 8.82. The van der Waals surface area contributed by atoms with E-state index in [0.29, 0.717) is 6.42 Å². The summed E-state index contributed by atoms with van der Waals surface area (Å²) in [5.41, 5.74) is 0. The molecule has 21 heavy (non-hydrogen) atoms. The van der Waals surface area contributed by atoms with Crippen LogP contribution in [0.25, 0.3) is 0 Å². The monoisotopic (exact) mass is 318 g/mol. The Morgan fingerprint density at radius 3 is 2.29 bits per heavy atom. The maximum Gasteiger partial charge on any atom is 0.150 e. The van der Waals surface area contributed by atoms with E-state index in [9.17, 15) is 13.5 Å². The summed E-state index contributed by atoms with van der Waals surface area (Å²) in [5, 5.41) is 10.1. The molecular weight excluding hydrogens is 284 g/mol. The van der Waals surface area contributed by atoms with Crippen molar-refractivity contribution in [1.29, 1.82) is 0 Å². The highest BCUT2D eigenvalue weighted by Crippen LogP contribution is 2.32. The predicted molar refractivity (Wildman–Crippen MR) is 89.2 cm³/mol. The average molecular weight is 319 g/mol. The smallest absolute Gasteiger partial charge is 0.150 e. The second-order valence-corrected chi connectivity index (χ2v) is 9.18. The second-order valence-electron chi connectivity index (χ2n) is 6.86. The van der Waals surface area contributed by atoms with Crippen LogP contribution in [0, 0.1) is 5.92 Å². The molecule has 1 aliphatic rings. The molecule has 3 atom stereocenters. The van der Waals surface area contributed by atoms with Gasteiger partial charge in [-0.05, 0) is 31.6 Å². The minimum atomic E-state index is -2.94. The van der Waals surface area contributed by atoms with Gasteiger partial charge >= 0.3 is 0 Å². The van der Waals surface area contributed by atoms with Crippen molar-refractivity contribution in [2.75, 3.05) is 6.26 Å². The molecule has 1 saturated carbocycles. The summed E-state index contributed by atoms with van der Waals surface area (Å²) >= 11 is 0. The van der Waals surface area contributed by atoms with Gasteiger partial charge in [0.2, 0.25) is 0 Å². The molecule has 4 heteroatoms. The summed E-state index contributed by atoms with van der Waals surface area (Å²) in [6.07, 6.45) is 14.0. The van der Waals surface area contributed by atoms with Crippen molar-refractivity contribution < 1.29 is 13.5 Å². The van der Waals surface area contributed by atoms with Crippen molar-refractivity contribution in [2.24, 2.45) is 5.92 Å². The van der Waals surface area contributed by atoms with E-state index in [1.165, 1.54) is 44.8 Å². The lowest BCUT2D eigenvalue weighted by Crippen LogP contribution is -2.33. The normalized spacial score (nSPS) is 24.9. The Morgan fingerprint density at radius 1 is 1.05 bits per heavy atom. The Bertz CT molecular complexity index is 364. The van der Waals surface area contributed by atoms with E-state index in [2.05, 4.69) is 6.92 Å². The van der Waals surface area contributed by atoms with Crippen LogP contribution >= 0.6 is 0 Å². The number of rotatable bonds is 10.